The summed E-state index contributed by atoms with van der Waals surface area (Å²) in [5, 5.41) is 0. The Hall–Kier alpha value is -1.01. The predicted molar refractivity (Wildman–Crippen MR) is 37.8 cm³/mol. The number of carbonyl (C=O) groups excluding carboxylic acids is 1. The SMILES string of the molecule is C#CCONC(=O)C(C)C. The van der Waals surface area contributed by atoms with Crippen LogP contribution in [0.3, 0.4) is 0 Å². The molecular weight excluding hydrogens is 130 g/mol. The van der Waals surface area contributed by atoms with Gasteiger partial charge in [0, 0.05) is 5.92 Å². The van der Waals surface area contributed by atoms with Crippen LogP contribution in [-0.2, 0) is 9.63 Å². The minimum atomic E-state index is -0.157. The van der Waals surface area contributed by atoms with E-state index in [9.17, 15) is 4.79 Å². The lowest BCUT2D eigenvalue weighted by atomic mass is 10.2. The number of nitrogens with one attached hydrogen (secondary N) is 1. The van der Waals surface area contributed by atoms with Crippen molar-refractivity contribution in [1.29, 1.82) is 0 Å². The highest BCUT2D eigenvalue weighted by molar-refractivity contribution is 5.76. The first-order chi connectivity index (χ1) is 4.68. The van der Waals surface area contributed by atoms with E-state index in [-0.39, 0.29) is 18.4 Å². The Bertz CT molecular complexity index is 146. The number of hydroxylamine groups is 1. The van der Waals surface area contributed by atoms with Crippen molar-refractivity contribution >= 4 is 5.91 Å². The second kappa shape index (κ2) is 4.83. The summed E-state index contributed by atoms with van der Waals surface area (Å²) in [7, 11) is 0. The lowest BCUT2D eigenvalue weighted by Crippen LogP contribution is -2.27. The third kappa shape index (κ3) is 3.93. The van der Waals surface area contributed by atoms with Gasteiger partial charge in [-0.15, -0.1) is 6.42 Å². The van der Waals surface area contributed by atoms with Crippen molar-refractivity contribution in [2.24, 2.45) is 5.92 Å². The molecule has 0 radical (unpaired) electrons. The Morgan fingerprint density at radius 3 is 2.80 bits per heavy atom. The maximum absolute atomic E-state index is 10.7. The highest BCUT2D eigenvalue weighted by Crippen LogP contribution is 1.89. The van der Waals surface area contributed by atoms with Crippen LogP contribution in [0, 0.1) is 18.3 Å². The summed E-state index contributed by atoms with van der Waals surface area (Å²) in [5.74, 6) is 2.00. The van der Waals surface area contributed by atoms with E-state index in [1.54, 1.807) is 13.8 Å². The molecule has 3 nitrogen and oxygen atoms in total. The van der Waals surface area contributed by atoms with Gasteiger partial charge in [0.15, 0.2) is 0 Å². The minimum Gasteiger partial charge on any atom is -0.273 e. The number of carbonyl (C=O) groups is 1. The van der Waals surface area contributed by atoms with Gasteiger partial charge >= 0.3 is 0 Å². The summed E-state index contributed by atoms with van der Waals surface area (Å²) < 4.78 is 0. The van der Waals surface area contributed by atoms with Crippen molar-refractivity contribution in [3.63, 3.8) is 0 Å². The van der Waals surface area contributed by atoms with Crippen LogP contribution in [0.15, 0.2) is 0 Å². The molecule has 0 heterocycles. The first-order valence-corrected chi connectivity index (χ1v) is 3.03. The van der Waals surface area contributed by atoms with Crippen molar-refractivity contribution in [3.8, 4) is 12.3 Å². The van der Waals surface area contributed by atoms with Crippen molar-refractivity contribution in [2.45, 2.75) is 13.8 Å². The van der Waals surface area contributed by atoms with Crippen LogP contribution in [0.25, 0.3) is 0 Å². The first-order valence-electron chi connectivity index (χ1n) is 3.03. The van der Waals surface area contributed by atoms with Gasteiger partial charge in [-0.25, -0.2) is 5.48 Å². The lowest BCUT2D eigenvalue weighted by Gasteiger charge is -2.04. The molecule has 0 aliphatic rings. The van der Waals surface area contributed by atoms with Gasteiger partial charge in [0.2, 0.25) is 5.91 Å². The monoisotopic (exact) mass is 141 g/mol. The van der Waals surface area contributed by atoms with Gasteiger partial charge in [-0.2, -0.15) is 0 Å². The number of terminal acetylenes is 1. The summed E-state index contributed by atoms with van der Waals surface area (Å²) in [5.41, 5.74) is 2.20. The second-order valence-electron chi connectivity index (χ2n) is 2.11. The minimum absolute atomic E-state index is 0.0715. The van der Waals surface area contributed by atoms with Gasteiger partial charge in [0.05, 0.1) is 0 Å². The number of rotatable bonds is 3. The maximum Gasteiger partial charge on any atom is 0.246 e. The van der Waals surface area contributed by atoms with E-state index in [4.69, 9.17) is 6.42 Å². The van der Waals surface area contributed by atoms with Gasteiger partial charge in [0.1, 0.15) is 6.61 Å². The molecule has 0 unspecified atom stereocenters. The summed E-state index contributed by atoms with van der Waals surface area (Å²) in [6.45, 7) is 3.65. The summed E-state index contributed by atoms with van der Waals surface area (Å²) >= 11 is 0. The van der Waals surface area contributed by atoms with Gasteiger partial charge in [-0.05, 0) is 0 Å². The summed E-state index contributed by atoms with van der Waals surface area (Å²) in [6.07, 6.45) is 4.86. The van der Waals surface area contributed by atoms with Crippen LogP contribution in [-0.4, -0.2) is 12.5 Å². The molecule has 0 aromatic rings. The smallest absolute Gasteiger partial charge is 0.246 e. The van der Waals surface area contributed by atoms with E-state index in [2.05, 4.69) is 16.2 Å². The highest BCUT2D eigenvalue weighted by Gasteiger charge is 2.04. The third-order valence-corrected chi connectivity index (χ3v) is 0.853. The Morgan fingerprint density at radius 1 is 1.80 bits per heavy atom. The van der Waals surface area contributed by atoms with Gasteiger partial charge in [-0.3, -0.25) is 9.63 Å². The number of hydrogen-bond acceptors (Lipinski definition) is 2. The molecule has 0 rings (SSSR count). The normalized spacial score (nSPS) is 9.00. The van der Waals surface area contributed by atoms with E-state index >= 15 is 0 Å². The van der Waals surface area contributed by atoms with Gasteiger partial charge < -0.3 is 0 Å². The molecule has 0 aromatic heterocycles. The molecule has 1 amide bonds. The Balaban J connectivity index is 3.33. The standard InChI is InChI=1S/C7H11NO2/c1-4-5-10-8-7(9)6(2)3/h1,6H,5H2,2-3H3,(H,8,9). The topological polar surface area (TPSA) is 38.3 Å². The molecule has 1 N–H and O–H groups in total. The molecular formula is C7H11NO2. The lowest BCUT2D eigenvalue weighted by molar-refractivity contribution is -0.135. The Labute approximate surface area is 60.7 Å². The van der Waals surface area contributed by atoms with Gasteiger partial charge in [-0.1, -0.05) is 19.8 Å². The molecule has 10 heavy (non-hydrogen) atoms. The zero-order valence-electron chi connectivity index (χ0n) is 6.18. The van der Waals surface area contributed by atoms with Gasteiger partial charge in [0.25, 0.3) is 0 Å². The zero-order chi connectivity index (χ0) is 7.98. The molecule has 0 aliphatic heterocycles. The van der Waals surface area contributed by atoms with Crippen molar-refractivity contribution in [2.75, 3.05) is 6.61 Å². The van der Waals surface area contributed by atoms with Crippen molar-refractivity contribution in [3.05, 3.63) is 0 Å². The molecule has 0 saturated heterocycles. The fourth-order valence-corrected chi connectivity index (χ4v) is 0.267. The van der Waals surface area contributed by atoms with Crippen molar-refractivity contribution in [1.82, 2.24) is 5.48 Å². The molecule has 0 saturated carbocycles. The van der Waals surface area contributed by atoms with E-state index in [1.807, 2.05) is 0 Å². The molecule has 56 valence electrons. The molecule has 3 heteroatoms. The predicted octanol–water partition coefficient (Wildman–Crippen LogP) is 0.323. The molecule has 0 aliphatic carbocycles. The summed E-state index contributed by atoms with van der Waals surface area (Å²) in [4.78, 5) is 15.3. The average Bonchev–Trinajstić information content (AvgIpc) is 1.88. The Morgan fingerprint density at radius 2 is 2.40 bits per heavy atom. The summed E-state index contributed by atoms with van der Waals surface area (Å²) in [6, 6.07) is 0. The number of hydrogen-bond donors (Lipinski definition) is 1. The fraction of sp³-hybridized carbons (Fsp3) is 0.571. The van der Waals surface area contributed by atoms with Crippen LogP contribution in [0.1, 0.15) is 13.8 Å². The number of amides is 1. The molecule has 0 fully saturated rings. The van der Waals surface area contributed by atoms with Crippen LogP contribution >= 0.6 is 0 Å². The first kappa shape index (κ1) is 8.99. The van der Waals surface area contributed by atoms with Crippen molar-refractivity contribution < 1.29 is 9.63 Å². The maximum atomic E-state index is 10.7. The quantitative estimate of drug-likeness (QED) is 0.349. The fourth-order valence-electron chi connectivity index (χ4n) is 0.267. The third-order valence-electron chi connectivity index (χ3n) is 0.853. The second-order valence-corrected chi connectivity index (χ2v) is 2.11. The van der Waals surface area contributed by atoms with Crippen LogP contribution in [0.5, 0.6) is 0 Å². The van der Waals surface area contributed by atoms with Crippen LogP contribution < -0.4 is 5.48 Å². The molecule has 0 bridgehead atoms. The van der Waals surface area contributed by atoms with E-state index in [0.29, 0.717) is 0 Å². The largest absolute Gasteiger partial charge is 0.273 e. The molecule has 0 atom stereocenters. The zero-order valence-corrected chi connectivity index (χ0v) is 6.18. The average molecular weight is 141 g/mol. The van der Waals surface area contributed by atoms with E-state index in [0.717, 1.165) is 0 Å². The van der Waals surface area contributed by atoms with E-state index in [1.165, 1.54) is 0 Å². The highest BCUT2D eigenvalue weighted by atomic mass is 16.6. The van der Waals surface area contributed by atoms with E-state index < -0.39 is 0 Å². The Kier molecular flexibility index (Phi) is 4.34. The van der Waals surface area contributed by atoms with Crippen LogP contribution in [0.4, 0.5) is 0 Å². The molecule has 0 spiro atoms. The molecule has 0 aromatic carbocycles. The van der Waals surface area contributed by atoms with Crippen LogP contribution in [0.2, 0.25) is 0 Å².